The summed E-state index contributed by atoms with van der Waals surface area (Å²) < 4.78 is 11.4. The highest BCUT2D eigenvalue weighted by molar-refractivity contribution is 5.65. The number of hydrogen-bond donors (Lipinski definition) is 0. The lowest BCUT2D eigenvalue weighted by Crippen LogP contribution is -2.36. The SMILES string of the molecule is CC(=O)OCc1cc(CCCOCc2ccccc2)cc(C)[n+]1[O-]. The van der Waals surface area contributed by atoms with Crippen LogP contribution in [0.1, 0.15) is 35.9 Å². The van der Waals surface area contributed by atoms with Crippen molar-refractivity contribution in [1.29, 1.82) is 0 Å². The summed E-state index contributed by atoms with van der Waals surface area (Å²) in [6.07, 6.45) is 1.67. The van der Waals surface area contributed by atoms with Gasteiger partial charge in [-0.15, -0.1) is 0 Å². The van der Waals surface area contributed by atoms with Crippen molar-refractivity contribution in [3.63, 3.8) is 0 Å². The minimum atomic E-state index is -0.396. The quantitative estimate of drug-likeness (QED) is 0.323. The van der Waals surface area contributed by atoms with Crippen molar-refractivity contribution in [1.82, 2.24) is 0 Å². The van der Waals surface area contributed by atoms with E-state index in [-0.39, 0.29) is 6.61 Å². The zero-order chi connectivity index (χ0) is 17.4. The van der Waals surface area contributed by atoms with Gasteiger partial charge >= 0.3 is 5.97 Å². The largest absolute Gasteiger partial charge is 0.618 e. The van der Waals surface area contributed by atoms with E-state index in [1.165, 1.54) is 6.92 Å². The molecule has 1 aromatic carbocycles. The van der Waals surface area contributed by atoms with Crippen LogP contribution in [0.2, 0.25) is 0 Å². The lowest BCUT2D eigenvalue weighted by Gasteiger charge is -2.10. The van der Waals surface area contributed by atoms with Crippen LogP contribution in [0.5, 0.6) is 0 Å². The molecule has 0 amide bonds. The van der Waals surface area contributed by atoms with Crippen LogP contribution in [0, 0.1) is 12.1 Å². The number of esters is 1. The molecule has 0 unspecified atom stereocenters. The molecular formula is C19H23NO4. The van der Waals surface area contributed by atoms with Crippen molar-refractivity contribution in [3.8, 4) is 0 Å². The first-order valence-corrected chi connectivity index (χ1v) is 8.03. The van der Waals surface area contributed by atoms with Crippen LogP contribution >= 0.6 is 0 Å². The van der Waals surface area contributed by atoms with Gasteiger partial charge in [0.15, 0.2) is 12.3 Å². The van der Waals surface area contributed by atoms with E-state index in [1.807, 2.05) is 36.4 Å². The van der Waals surface area contributed by atoms with E-state index in [0.717, 1.165) is 28.7 Å². The molecule has 1 heterocycles. The molecule has 0 saturated carbocycles. The number of pyridine rings is 1. The first-order valence-electron chi connectivity index (χ1n) is 8.03. The third-order valence-corrected chi connectivity index (χ3v) is 3.62. The molecule has 2 aromatic rings. The molecule has 0 N–H and O–H groups in total. The Morgan fingerprint density at radius 3 is 2.58 bits per heavy atom. The average molecular weight is 329 g/mol. The van der Waals surface area contributed by atoms with Crippen LogP contribution in [0.4, 0.5) is 0 Å². The van der Waals surface area contributed by atoms with Crippen molar-refractivity contribution < 1.29 is 19.0 Å². The second-order valence-corrected chi connectivity index (χ2v) is 5.71. The maximum absolute atomic E-state index is 12.0. The van der Waals surface area contributed by atoms with E-state index >= 15 is 0 Å². The third-order valence-electron chi connectivity index (χ3n) is 3.62. The van der Waals surface area contributed by atoms with Gasteiger partial charge in [0.1, 0.15) is 0 Å². The van der Waals surface area contributed by atoms with Gasteiger partial charge in [0.05, 0.1) is 6.61 Å². The molecule has 0 aliphatic carbocycles. The van der Waals surface area contributed by atoms with E-state index in [2.05, 4.69) is 0 Å². The van der Waals surface area contributed by atoms with Gasteiger partial charge in [-0.1, -0.05) is 30.3 Å². The second kappa shape index (κ2) is 9.03. The minimum Gasteiger partial charge on any atom is -0.618 e. The Morgan fingerprint density at radius 1 is 1.12 bits per heavy atom. The molecule has 0 aliphatic heterocycles. The molecule has 0 bridgehead atoms. The zero-order valence-electron chi connectivity index (χ0n) is 14.2. The van der Waals surface area contributed by atoms with Gasteiger partial charge in [0.2, 0.25) is 5.69 Å². The monoisotopic (exact) mass is 329 g/mol. The lowest BCUT2D eigenvalue weighted by molar-refractivity contribution is -0.623. The highest BCUT2D eigenvalue weighted by Crippen LogP contribution is 2.09. The van der Waals surface area contributed by atoms with Crippen LogP contribution in [0.15, 0.2) is 42.5 Å². The van der Waals surface area contributed by atoms with Crippen molar-refractivity contribution in [2.75, 3.05) is 6.61 Å². The number of ether oxygens (including phenoxy) is 2. The van der Waals surface area contributed by atoms with Crippen molar-refractivity contribution >= 4 is 5.97 Å². The topological polar surface area (TPSA) is 62.5 Å². The molecule has 24 heavy (non-hydrogen) atoms. The van der Waals surface area contributed by atoms with E-state index in [9.17, 15) is 10.0 Å². The fraction of sp³-hybridized carbons (Fsp3) is 0.368. The van der Waals surface area contributed by atoms with Crippen molar-refractivity contribution in [2.45, 2.75) is 39.9 Å². The van der Waals surface area contributed by atoms with Crippen molar-refractivity contribution in [3.05, 3.63) is 70.2 Å². The molecule has 0 fully saturated rings. The summed E-state index contributed by atoms with van der Waals surface area (Å²) in [6.45, 7) is 4.33. The Labute approximate surface area is 142 Å². The Kier molecular flexibility index (Phi) is 6.75. The molecular weight excluding hydrogens is 306 g/mol. The molecule has 0 radical (unpaired) electrons. The standard InChI is InChI=1S/C19H23NO4/c1-15-11-18(12-19(20(15)22)14-24-16(2)21)9-6-10-23-13-17-7-4-3-5-8-17/h3-5,7-8,11-12H,6,9-10,13-14H2,1-2H3. The second-order valence-electron chi connectivity index (χ2n) is 5.71. The summed E-state index contributed by atoms with van der Waals surface area (Å²) >= 11 is 0. The number of carbonyl (C=O) groups is 1. The number of benzene rings is 1. The molecule has 1 aromatic heterocycles. The van der Waals surface area contributed by atoms with Crippen LogP contribution < -0.4 is 4.73 Å². The first kappa shape index (κ1) is 17.9. The first-order chi connectivity index (χ1) is 11.6. The predicted molar refractivity (Wildman–Crippen MR) is 90.0 cm³/mol. The predicted octanol–water partition coefficient (Wildman–Crippen LogP) is 2.84. The summed E-state index contributed by atoms with van der Waals surface area (Å²) in [5.74, 6) is -0.396. The van der Waals surface area contributed by atoms with Crippen LogP contribution in [-0.2, 0) is 33.9 Å². The Hall–Kier alpha value is -2.40. The molecule has 0 saturated heterocycles. The Bertz CT molecular complexity index is 671. The van der Waals surface area contributed by atoms with Gasteiger partial charge in [0, 0.05) is 32.6 Å². The minimum absolute atomic E-state index is 0.00196. The normalized spacial score (nSPS) is 10.6. The molecule has 5 nitrogen and oxygen atoms in total. The van der Waals surface area contributed by atoms with Gasteiger partial charge in [0.25, 0.3) is 0 Å². The van der Waals surface area contributed by atoms with E-state index in [0.29, 0.717) is 24.6 Å². The zero-order valence-corrected chi connectivity index (χ0v) is 14.2. The Morgan fingerprint density at radius 2 is 1.88 bits per heavy atom. The fourth-order valence-corrected chi connectivity index (χ4v) is 2.43. The number of aromatic nitrogens is 1. The number of nitrogens with zero attached hydrogens (tertiary/aromatic N) is 1. The smallest absolute Gasteiger partial charge is 0.303 e. The highest BCUT2D eigenvalue weighted by atomic mass is 16.5. The molecule has 5 heteroatoms. The third kappa shape index (κ3) is 5.66. The van der Waals surface area contributed by atoms with Crippen LogP contribution in [-0.4, -0.2) is 12.6 Å². The van der Waals surface area contributed by atoms with Gasteiger partial charge in [-0.2, -0.15) is 4.73 Å². The number of aryl methyl sites for hydroxylation is 2. The molecule has 0 aliphatic rings. The summed E-state index contributed by atoms with van der Waals surface area (Å²) in [4.78, 5) is 10.9. The number of rotatable bonds is 8. The van der Waals surface area contributed by atoms with Gasteiger partial charge in [-0.3, -0.25) is 4.79 Å². The van der Waals surface area contributed by atoms with Crippen molar-refractivity contribution in [2.24, 2.45) is 0 Å². The van der Waals surface area contributed by atoms with E-state index in [1.54, 1.807) is 13.0 Å². The molecule has 128 valence electrons. The number of carbonyl (C=O) groups excluding carboxylic acids is 1. The van der Waals surface area contributed by atoms with E-state index in [4.69, 9.17) is 9.47 Å². The summed E-state index contributed by atoms with van der Waals surface area (Å²) in [7, 11) is 0. The maximum Gasteiger partial charge on any atom is 0.303 e. The average Bonchev–Trinajstić information content (AvgIpc) is 2.57. The maximum atomic E-state index is 12.0. The molecule has 2 rings (SSSR count). The van der Waals surface area contributed by atoms with Gasteiger partial charge < -0.3 is 14.7 Å². The Balaban J connectivity index is 1.82. The van der Waals surface area contributed by atoms with Gasteiger partial charge in [-0.05, 0) is 24.0 Å². The molecule has 0 spiro atoms. The summed E-state index contributed by atoms with van der Waals surface area (Å²) in [5, 5.41) is 12.0. The molecule has 0 atom stereocenters. The van der Waals surface area contributed by atoms with E-state index < -0.39 is 5.97 Å². The summed E-state index contributed by atoms with van der Waals surface area (Å²) in [6, 6.07) is 13.7. The van der Waals surface area contributed by atoms with Crippen LogP contribution in [0.3, 0.4) is 0 Å². The lowest BCUT2D eigenvalue weighted by atomic mass is 10.1. The van der Waals surface area contributed by atoms with Gasteiger partial charge in [-0.25, -0.2) is 0 Å². The number of hydrogen-bond acceptors (Lipinski definition) is 4. The van der Waals surface area contributed by atoms with Crippen LogP contribution in [0.25, 0.3) is 0 Å². The summed E-state index contributed by atoms with van der Waals surface area (Å²) in [5.41, 5.74) is 3.25. The highest BCUT2D eigenvalue weighted by Gasteiger charge is 2.12. The fourth-order valence-electron chi connectivity index (χ4n) is 2.43.